The number of rotatable bonds is 5. The maximum atomic E-state index is 12.4. The summed E-state index contributed by atoms with van der Waals surface area (Å²) in [5.74, 6) is 0.463. The molecule has 2 aliphatic carbocycles. The number of halogens is 1. The van der Waals surface area contributed by atoms with Crippen molar-refractivity contribution < 1.29 is 9.53 Å². The zero-order valence-corrected chi connectivity index (χ0v) is 16.8. The Bertz CT molecular complexity index is 706. The first-order valence-corrected chi connectivity index (χ1v) is 9.74. The maximum absolute atomic E-state index is 12.4. The van der Waals surface area contributed by atoms with E-state index in [0.717, 1.165) is 23.8 Å². The molecule has 1 saturated carbocycles. The van der Waals surface area contributed by atoms with Crippen LogP contribution in [-0.4, -0.2) is 28.6 Å². The summed E-state index contributed by atoms with van der Waals surface area (Å²) in [5, 5.41) is 4.64. The lowest BCUT2D eigenvalue weighted by atomic mass is 9.82. The molecular weight excluding hydrogens is 357 g/mol. The molecule has 3 rings (SSSR count). The molecule has 1 N–H and O–H groups in total. The molecule has 136 valence electrons. The zero-order valence-electron chi connectivity index (χ0n) is 14.9. The van der Waals surface area contributed by atoms with Crippen LogP contribution in [0.1, 0.15) is 45.7 Å². The number of hydrogen-bond acceptors (Lipinski definition) is 5. The van der Waals surface area contributed by atoms with Crippen LogP contribution >= 0.6 is 20.8 Å². The first-order valence-electron chi connectivity index (χ1n) is 8.79. The van der Waals surface area contributed by atoms with Crippen molar-refractivity contribution >= 4 is 37.9 Å². The highest BCUT2D eigenvalue weighted by atomic mass is 35.5. The number of allylic oxidation sites excluding steroid dienone is 1. The monoisotopic (exact) mass is 381 g/mol. The fourth-order valence-corrected chi connectivity index (χ4v) is 4.12. The third-order valence-electron chi connectivity index (χ3n) is 5.21. The predicted molar refractivity (Wildman–Crippen MR) is 103 cm³/mol. The Balaban J connectivity index is 1.90. The fraction of sp³-hybridized carbons (Fsp3) is 0.611. The molecule has 1 fully saturated rings. The van der Waals surface area contributed by atoms with Gasteiger partial charge in [0.2, 0.25) is 5.28 Å². The molecule has 0 bridgehead atoms. The molecule has 1 aromatic heterocycles. The summed E-state index contributed by atoms with van der Waals surface area (Å²) in [6.07, 6.45) is 7.05. The standard InChI is InChI=1S/C18H25ClN3O2P/c1-4-24-16(23)11-7-5-6-10(2)12(11)20-15-13(25)14(18(3)8-9-18)21-17(19)22-15/h5-6,10-12H,4,7-9,25H2,1-3H3,(H,20,21,22)/t10?,11-,12-/m0/s1. The van der Waals surface area contributed by atoms with E-state index in [1.165, 1.54) is 0 Å². The molecule has 2 aliphatic rings. The van der Waals surface area contributed by atoms with Gasteiger partial charge in [0, 0.05) is 16.8 Å². The van der Waals surface area contributed by atoms with E-state index in [-0.39, 0.29) is 34.5 Å². The Morgan fingerprint density at radius 2 is 2.20 bits per heavy atom. The van der Waals surface area contributed by atoms with E-state index in [0.29, 0.717) is 18.8 Å². The molecule has 5 nitrogen and oxygen atoms in total. The van der Waals surface area contributed by atoms with Gasteiger partial charge >= 0.3 is 5.97 Å². The number of esters is 1. The molecule has 1 aromatic rings. The zero-order chi connectivity index (χ0) is 18.2. The normalized spacial score (nSPS) is 27.0. The van der Waals surface area contributed by atoms with Crippen LogP contribution in [0.15, 0.2) is 12.2 Å². The first-order chi connectivity index (χ1) is 11.9. The smallest absolute Gasteiger partial charge is 0.311 e. The van der Waals surface area contributed by atoms with Gasteiger partial charge in [-0.05, 0) is 43.7 Å². The molecule has 25 heavy (non-hydrogen) atoms. The highest BCUT2D eigenvalue weighted by molar-refractivity contribution is 7.28. The van der Waals surface area contributed by atoms with Crippen molar-refractivity contribution in [2.75, 3.05) is 11.9 Å². The van der Waals surface area contributed by atoms with Gasteiger partial charge in [-0.15, -0.1) is 0 Å². The minimum Gasteiger partial charge on any atom is -0.466 e. The largest absolute Gasteiger partial charge is 0.466 e. The topological polar surface area (TPSA) is 64.1 Å². The van der Waals surface area contributed by atoms with E-state index >= 15 is 0 Å². The Morgan fingerprint density at radius 3 is 2.84 bits per heavy atom. The summed E-state index contributed by atoms with van der Waals surface area (Å²) in [7, 11) is 2.75. The van der Waals surface area contributed by atoms with Crippen LogP contribution in [0.2, 0.25) is 5.28 Å². The van der Waals surface area contributed by atoms with Crippen molar-refractivity contribution in [3.63, 3.8) is 0 Å². The third kappa shape index (κ3) is 3.83. The van der Waals surface area contributed by atoms with Crippen molar-refractivity contribution in [2.45, 2.75) is 51.5 Å². The Labute approximate surface area is 156 Å². The summed E-state index contributed by atoms with van der Waals surface area (Å²) >= 11 is 6.18. The van der Waals surface area contributed by atoms with Gasteiger partial charge in [-0.2, -0.15) is 0 Å². The molecular formula is C18H25ClN3O2P. The van der Waals surface area contributed by atoms with Crippen molar-refractivity contribution in [3.05, 3.63) is 23.1 Å². The van der Waals surface area contributed by atoms with Gasteiger partial charge in [0.05, 0.1) is 18.2 Å². The number of hydrogen-bond donors (Lipinski definition) is 1. The molecule has 7 heteroatoms. The predicted octanol–water partition coefficient (Wildman–Crippen LogP) is 3.24. The minimum atomic E-state index is -0.238. The molecule has 2 unspecified atom stereocenters. The molecule has 1 heterocycles. The number of carbonyl (C=O) groups is 1. The number of anilines is 1. The van der Waals surface area contributed by atoms with Crippen molar-refractivity contribution in [1.82, 2.24) is 9.97 Å². The number of aromatic nitrogens is 2. The summed E-state index contributed by atoms with van der Waals surface area (Å²) in [5.41, 5.74) is 1.06. The minimum absolute atomic E-state index is 0.0821. The Morgan fingerprint density at radius 1 is 1.48 bits per heavy atom. The van der Waals surface area contributed by atoms with E-state index in [2.05, 4.69) is 50.5 Å². The summed E-state index contributed by atoms with van der Waals surface area (Å²) in [6.45, 7) is 6.50. The fourth-order valence-electron chi connectivity index (χ4n) is 3.39. The van der Waals surface area contributed by atoms with Crippen molar-refractivity contribution in [2.24, 2.45) is 11.8 Å². The second-order valence-electron chi connectivity index (χ2n) is 7.22. The second kappa shape index (κ2) is 7.20. The van der Waals surface area contributed by atoms with Crippen LogP contribution in [0.4, 0.5) is 5.82 Å². The highest BCUT2D eigenvalue weighted by Gasteiger charge is 2.43. The van der Waals surface area contributed by atoms with Gasteiger partial charge in [0.25, 0.3) is 0 Å². The van der Waals surface area contributed by atoms with E-state index < -0.39 is 0 Å². The summed E-state index contributed by atoms with van der Waals surface area (Å²) in [4.78, 5) is 21.2. The van der Waals surface area contributed by atoms with Gasteiger partial charge in [-0.3, -0.25) is 4.79 Å². The van der Waals surface area contributed by atoms with Gasteiger partial charge in [0.15, 0.2) is 0 Å². The number of carbonyl (C=O) groups excluding carboxylic acids is 1. The molecule has 0 spiro atoms. The molecule has 0 radical (unpaired) electrons. The lowest BCUT2D eigenvalue weighted by Gasteiger charge is -2.33. The second-order valence-corrected chi connectivity index (χ2v) is 8.13. The van der Waals surface area contributed by atoms with Crippen molar-refractivity contribution in [1.29, 1.82) is 0 Å². The van der Waals surface area contributed by atoms with E-state index in [4.69, 9.17) is 16.3 Å². The molecule has 0 aromatic carbocycles. The van der Waals surface area contributed by atoms with E-state index in [1.807, 2.05) is 6.92 Å². The van der Waals surface area contributed by atoms with Gasteiger partial charge in [0.1, 0.15) is 5.82 Å². The molecule has 0 saturated heterocycles. The Hall–Kier alpha value is -1.19. The number of nitrogens with one attached hydrogen (secondary N) is 1. The number of nitrogens with zero attached hydrogens (tertiary/aromatic N) is 2. The van der Waals surface area contributed by atoms with Crippen molar-refractivity contribution in [3.8, 4) is 0 Å². The van der Waals surface area contributed by atoms with Crippen LogP contribution in [0.3, 0.4) is 0 Å². The average Bonchev–Trinajstić information content (AvgIpc) is 3.31. The number of ether oxygens (including phenoxy) is 1. The maximum Gasteiger partial charge on any atom is 0.311 e. The highest BCUT2D eigenvalue weighted by Crippen LogP contribution is 2.47. The Kier molecular flexibility index (Phi) is 5.36. The van der Waals surface area contributed by atoms with Crippen LogP contribution in [0.5, 0.6) is 0 Å². The van der Waals surface area contributed by atoms with Gasteiger partial charge in [-0.25, -0.2) is 9.97 Å². The molecule has 0 aliphatic heterocycles. The first kappa shape index (κ1) is 18.6. The molecule has 0 amide bonds. The van der Waals surface area contributed by atoms with Crippen LogP contribution in [-0.2, 0) is 14.9 Å². The van der Waals surface area contributed by atoms with Crippen LogP contribution < -0.4 is 10.6 Å². The average molecular weight is 382 g/mol. The van der Waals surface area contributed by atoms with E-state index in [1.54, 1.807) is 0 Å². The molecule has 4 atom stereocenters. The lowest BCUT2D eigenvalue weighted by Crippen LogP contribution is -2.42. The van der Waals surface area contributed by atoms with Crippen LogP contribution in [0, 0.1) is 11.8 Å². The van der Waals surface area contributed by atoms with Crippen LogP contribution in [0.25, 0.3) is 0 Å². The lowest BCUT2D eigenvalue weighted by molar-refractivity contribution is -0.148. The van der Waals surface area contributed by atoms with Gasteiger partial charge in [-0.1, -0.05) is 35.2 Å². The summed E-state index contributed by atoms with van der Waals surface area (Å²) in [6, 6.07) is -0.0887. The summed E-state index contributed by atoms with van der Waals surface area (Å²) < 4.78 is 5.26. The van der Waals surface area contributed by atoms with E-state index in [9.17, 15) is 4.79 Å². The quantitative estimate of drug-likeness (QED) is 0.367. The van der Waals surface area contributed by atoms with Gasteiger partial charge < -0.3 is 10.1 Å². The SMILES string of the molecule is CCOC(=O)[C@H]1CC=CC(C)[C@@H]1Nc1nc(Cl)nc(C2(C)CC2)c1P. The third-order valence-corrected chi connectivity index (χ3v) is 5.93.